The number of methoxy groups -OCH3 is 2. The van der Waals surface area contributed by atoms with Crippen LogP contribution >= 0.6 is 0 Å². The van der Waals surface area contributed by atoms with Crippen molar-refractivity contribution in [2.75, 3.05) is 14.2 Å². The van der Waals surface area contributed by atoms with Crippen molar-refractivity contribution in [3.63, 3.8) is 0 Å². The van der Waals surface area contributed by atoms with Gasteiger partial charge in [0, 0.05) is 23.0 Å². The quantitative estimate of drug-likeness (QED) is 0.469. The molecule has 0 aliphatic rings. The molecule has 4 aromatic rings. The Labute approximate surface area is 164 Å². The molecule has 0 aliphatic heterocycles. The summed E-state index contributed by atoms with van der Waals surface area (Å²) in [6, 6.07) is 18.5. The van der Waals surface area contributed by atoms with Crippen LogP contribution in [0.15, 0.2) is 60.8 Å². The Morgan fingerprint density at radius 2 is 1.61 bits per heavy atom. The number of rotatable bonds is 4. The highest BCUT2D eigenvalue weighted by molar-refractivity contribution is 6.03. The Kier molecular flexibility index (Phi) is 4.70. The fourth-order valence-corrected chi connectivity index (χ4v) is 3.41. The molecule has 0 saturated heterocycles. The minimum Gasteiger partial charge on any atom is -0.493 e. The molecule has 0 fully saturated rings. The molecule has 3 aromatic carbocycles. The van der Waals surface area contributed by atoms with E-state index in [4.69, 9.17) is 9.47 Å². The highest BCUT2D eigenvalue weighted by atomic mass is 16.5. The smallest absolute Gasteiger partial charge is 0.169 e. The van der Waals surface area contributed by atoms with Crippen molar-refractivity contribution in [2.45, 2.75) is 13.8 Å². The molecule has 1 aromatic heterocycles. The van der Waals surface area contributed by atoms with Crippen LogP contribution in [0.4, 0.5) is 0 Å². The van der Waals surface area contributed by atoms with Gasteiger partial charge in [0.1, 0.15) is 0 Å². The van der Waals surface area contributed by atoms with E-state index in [1.807, 2.05) is 44.3 Å². The van der Waals surface area contributed by atoms with Crippen LogP contribution in [0.1, 0.15) is 11.3 Å². The maximum absolute atomic E-state index is 5.72. The second kappa shape index (κ2) is 7.31. The molecule has 4 nitrogen and oxygen atoms in total. The molecule has 0 radical (unpaired) electrons. The summed E-state index contributed by atoms with van der Waals surface area (Å²) < 4.78 is 11.4. The molecular weight excluding hydrogens is 348 g/mol. The van der Waals surface area contributed by atoms with Crippen molar-refractivity contribution >= 4 is 10.8 Å². The van der Waals surface area contributed by atoms with E-state index in [1.165, 1.54) is 0 Å². The topological polar surface area (TPSA) is 44.2 Å². The van der Waals surface area contributed by atoms with Gasteiger partial charge in [-0.2, -0.15) is 0 Å². The molecule has 0 saturated carbocycles. The summed E-state index contributed by atoms with van der Waals surface area (Å²) in [5, 5.41) is 2.15. The highest BCUT2D eigenvalue weighted by Gasteiger charge is 2.17. The minimum absolute atomic E-state index is 0.701. The molecule has 4 heteroatoms. The number of aryl methyl sites for hydroxylation is 2. The Hall–Kier alpha value is -3.40. The van der Waals surface area contributed by atoms with E-state index < -0.39 is 0 Å². The van der Waals surface area contributed by atoms with Crippen molar-refractivity contribution in [1.29, 1.82) is 0 Å². The first-order valence-electron chi connectivity index (χ1n) is 9.17. The van der Waals surface area contributed by atoms with Crippen LogP contribution in [0.25, 0.3) is 33.3 Å². The highest BCUT2D eigenvalue weighted by Crippen LogP contribution is 2.44. The third-order valence-corrected chi connectivity index (χ3v) is 5.03. The van der Waals surface area contributed by atoms with E-state index in [0.717, 1.165) is 50.3 Å². The lowest BCUT2D eigenvalue weighted by atomic mass is 9.95. The van der Waals surface area contributed by atoms with Gasteiger partial charge in [0.05, 0.1) is 14.2 Å². The molecule has 1 heterocycles. The first kappa shape index (κ1) is 18.0. The molecule has 0 N–H and O–H groups in total. The minimum atomic E-state index is 0.701. The average molecular weight is 370 g/mol. The normalized spacial score (nSPS) is 10.9. The molecule has 0 aliphatic carbocycles. The van der Waals surface area contributed by atoms with Gasteiger partial charge >= 0.3 is 0 Å². The standard InChI is InChI=1S/C24H22N2O2/c1-15-14-25-24(26-16(15)2)18-10-11-20-19(12-18)13-21(27-3)23(28-4)22(20)17-8-6-5-7-9-17/h5-14H,1-4H3. The van der Waals surface area contributed by atoms with E-state index >= 15 is 0 Å². The summed E-state index contributed by atoms with van der Waals surface area (Å²) in [5.41, 5.74) is 5.15. The summed E-state index contributed by atoms with van der Waals surface area (Å²) in [5.74, 6) is 2.16. The molecule has 0 amide bonds. The zero-order chi connectivity index (χ0) is 19.7. The first-order chi connectivity index (χ1) is 13.6. The number of nitrogens with zero attached hydrogens (tertiary/aromatic N) is 2. The van der Waals surface area contributed by atoms with Gasteiger partial charge in [-0.1, -0.05) is 42.5 Å². The van der Waals surface area contributed by atoms with E-state index in [9.17, 15) is 0 Å². The van der Waals surface area contributed by atoms with Crippen molar-refractivity contribution in [2.24, 2.45) is 0 Å². The van der Waals surface area contributed by atoms with Crippen LogP contribution < -0.4 is 9.47 Å². The Morgan fingerprint density at radius 1 is 0.821 bits per heavy atom. The lowest BCUT2D eigenvalue weighted by molar-refractivity contribution is 0.357. The zero-order valence-electron chi connectivity index (χ0n) is 16.5. The van der Waals surface area contributed by atoms with Gasteiger partial charge in [-0.15, -0.1) is 0 Å². The SMILES string of the molecule is COc1cc2cc(-c3ncc(C)c(C)n3)ccc2c(-c2ccccc2)c1OC. The molecule has 0 bridgehead atoms. The number of ether oxygens (including phenoxy) is 2. The summed E-state index contributed by atoms with van der Waals surface area (Å²) >= 11 is 0. The third kappa shape index (κ3) is 3.07. The number of hydrogen-bond donors (Lipinski definition) is 0. The number of hydrogen-bond acceptors (Lipinski definition) is 4. The van der Waals surface area contributed by atoms with E-state index in [1.54, 1.807) is 14.2 Å². The zero-order valence-corrected chi connectivity index (χ0v) is 16.5. The van der Waals surface area contributed by atoms with Gasteiger partial charge in [-0.05, 0) is 47.9 Å². The molecular formula is C24H22N2O2. The van der Waals surface area contributed by atoms with Gasteiger partial charge in [0.15, 0.2) is 17.3 Å². The summed E-state index contributed by atoms with van der Waals surface area (Å²) in [4.78, 5) is 9.15. The van der Waals surface area contributed by atoms with Crippen molar-refractivity contribution < 1.29 is 9.47 Å². The Morgan fingerprint density at radius 3 is 2.29 bits per heavy atom. The molecule has 0 unspecified atom stereocenters. The Bertz CT molecular complexity index is 1150. The molecule has 140 valence electrons. The summed E-state index contributed by atoms with van der Waals surface area (Å²) in [6.07, 6.45) is 1.87. The van der Waals surface area contributed by atoms with Gasteiger partial charge in [-0.25, -0.2) is 9.97 Å². The molecule has 0 atom stereocenters. The van der Waals surface area contributed by atoms with Gasteiger partial charge in [0.25, 0.3) is 0 Å². The number of benzene rings is 3. The van der Waals surface area contributed by atoms with Crippen LogP contribution in [-0.2, 0) is 0 Å². The summed E-state index contributed by atoms with van der Waals surface area (Å²) in [6.45, 7) is 4.02. The average Bonchev–Trinajstić information content (AvgIpc) is 2.74. The van der Waals surface area contributed by atoms with Gasteiger partial charge in [0.2, 0.25) is 0 Å². The van der Waals surface area contributed by atoms with E-state index in [0.29, 0.717) is 5.75 Å². The van der Waals surface area contributed by atoms with Crippen molar-refractivity contribution in [3.05, 3.63) is 72.1 Å². The predicted molar refractivity (Wildman–Crippen MR) is 113 cm³/mol. The number of aromatic nitrogens is 2. The van der Waals surface area contributed by atoms with E-state index in [-0.39, 0.29) is 0 Å². The van der Waals surface area contributed by atoms with Crippen LogP contribution in [-0.4, -0.2) is 24.2 Å². The fourth-order valence-electron chi connectivity index (χ4n) is 3.41. The molecule has 4 rings (SSSR count). The predicted octanol–water partition coefficient (Wildman–Crippen LogP) is 5.60. The van der Waals surface area contributed by atoms with Crippen molar-refractivity contribution in [3.8, 4) is 34.0 Å². The number of fused-ring (bicyclic) bond motifs is 1. The third-order valence-electron chi connectivity index (χ3n) is 5.03. The lowest BCUT2D eigenvalue weighted by Gasteiger charge is -2.17. The second-order valence-electron chi connectivity index (χ2n) is 6.75. The lowest BCUT2D eigenvalue weighted by Crippen LogP contribution is -1.96. The maximum Gasteiger partial charge on any atom is 0.169 e. The largest absolute Gasteiger partial charge is 0.493 e. The van der Waals surface area contributed by atoms with Crippen molar-refractivity contribution in [1.82, 2.24) is 9.97 Å². The van der Waals surface area contributed by atoms with E-state index in [2.05, 4.69) is 40.3 Å². The Balaban J connectivity index is 1.98. The maximum atomic E-state index is 5.72. The first-order valence-corrected chi connectivity index (χ1v) is 9.17. The second-order valence-corrected chi connectivity index (χ2v) is 6.75. The van der Waals surface area contributed by atoms with Crippen LogP contribution in [0.5, 0.6) is 11.5 Å². The van der Waals surface area contributed by atoms with Crippen LogP contribution in [0, 0.1) is 13.8 Å². The monoisotopic (exact) mass is 370 g/mol. The summed E-state index contributed by atoms with van der Waals surface area (Å²) in [7, 11) is 3.34. The molecule has 0 spiro atoms. The van der Waals surface area contributed by atoms with Gasteiger partial charge < -0.3 is 9.47 Å². The fraction of sp³-hybridized carbons (Fsp3) is 0.167. The van der Waals surface area contributed by atoms with Crippen LogP contribution in [0.3, 0.4) is 0 Å². The van der Waals surface area contributed by atoms with Gasteiger partial charge in [-0.3, -0.25) is 0 Å². The molecule has 28 heavy (non-hydrogen) atoms. The van der Waals surface area contributed by atoms with Crippen LogP contribution in [0.2, 0.25) is 0 Å².